The van der Waals surface area contributed by atoms with Gasteiger partial charge in [0.2, 0.25) is 0 Å². The van der Waals surface area contributed by atoms with Crippen LogP contribution in [-0.2, 0) is 21.1 Å². The summed E-state index contributed by atoms with van der Waals surface area (Å²) in [5, 5.41) is 0. The quantitative estimate of drug-likeness (QED) is 0.457. The zero-order chi connectivity index (χ0) is 18.5. The molecule has 0 aromatic heterocycles. The minimum atomic E-state index is -4.91. The number of hydrogen-bond donors (Lipinski definition) is 3. The summed E-state index contributed by atoms with van der Waals surface area (Å²) in [6, 6.07) is 17.6. The summed E-state index contributed by atoms with van der Waals surface area (Å²) in [6.45, 7) is 0. The molecule has 3 N–H and O–H groups in total. The molecule has 1 unspecified atom stereocenters. The third-order valence-corrected chi connectivity index (χ3v) is 8.11. The number of hydrogen-bond acceptors (Lipinski definition) is 4. The SMILES string of the molecule is O=P(O)(O)C(CCCc1ccc(Sc2ccccc2)cc1)S(=O)(=O)O. The van der Waals surface area contributed by atoms with E-state index in [-0.39, 0.29) is 12.8 Å². The minimum absolute atomic E-state index is 0.237. The molecule has 0 heterocycles. The van der Waals surface area contributed by atoms with Crippen LogP contribution in [0.15, 0.2) is 64.4 Å². The fourth-order valence-electron chi connectivity index (χ4n) is 2.32. The molecule has 0 bridgehead atoms. The van der Waals surface area contributed by atoms with Crippen molar-refractivity contribution in [1.29, 1.82) is 0 Å². The molecule has 0 saturated heterocycles. The number of aryl methyl sites for hydroxylation is 1. The number of rotatable bonds is 8. The second-order valence-corrected chi connectivity index (χ2v) is 10.4. The van der Waals surface area contributed by atoms with Crippen LogP contribution in [0.25, 0.3) is 0 Å². The first kappa shape index (κ1) is 20.2. The number of benzene rings is 2. The molecule has 136 valence electrons. The first-order valence-electron chi connectivity index (χ1n) is 7.49. The Balaban J connectivity index is 1.92. The minimum Gasteiger partial charge on any atom is -0.323 e. The predicted molar refractivity (Wildman–Crippen MR) is 97.3 cm³/mol. The van der Waals surface area contributed by atoms with Gasteiger partial charge in [0.1, 0.15) is 0 Å². The van der Waals surface area contributed by atoms with E-state index >= 15 is 0 Å². The Kier molecular flexibility index (Phi) is 6.85. The van der Waals surface area contributed by atoms with Crippen LogP contribution in [0, 0.1) is 0 Å². The predicted octanol–water partition coefficient (Wildman–Crippen LogP) is 3.55. The van der Waals surface area contributed by atoms with E-state index in [1.807, 2.05) is 54.6 Å². The summed E-state index contributed by atoms with van der Waals surface area (Å²) in [5.74, 6) is 0. The first-order valence-corrected chi connectivity index (χ1v) is 11.5. The molecular formula is C16H19O6PS2. The van der Waals surface area contributed by atoms with Crippen LogP contribution in [0.1, 0.15) is 18.4 Å². The van der Waals surface area contributed by atoms with Gasteiger partial charge in [-0.2, -0.15) is 8.42 Å². The second-order valence-electron chi connectivity index (χ2n) is 5.51. The van der Waals surface area contributed by atoms with Crippen molar-refractivity contribution in [2.75, 3.05) is 0 Å². The van der Waals surface area contributed by atoms with Crippen molar-refractivity contribution >= 4 is 29.5 Å². The molecule has 0 saturated carbocycles. The van der Waals surface area contributed by atoms with Crippen LogP contribution in [0.3, 0.4) is 0 Å². The molecule has 0 aliphatic carbocycles. The van der Waals surface area contributed by atoms with Gasteiger partial charge < -0.3 is 9.79 Å². The van der Waals surface area contributed by atoms with Crippen LogP contribution < -0.4 is 0 Å². The van der Waals surface area contributed by atoms with Crippen LogP contribution in [0.5, 0.6) is 0 Å². The van der Waals surface area contributed by atoms with E-state index < -0.39 is 22.7 Å². The lowest BCUT2D eigenvalue weighted by Gasteiger charge is -2.15. The molecule has 2 aromatic rings. The Bertz CT molecular complexity index is 831. The van der Waals surface area contributed by atoms with Crippen molar-refractivity contribution in [3.05, 3.63) is 60.2 Å². The van der Waals surface area contributed by atoms with Gasteiger partial charge in [-0.3, -0.25) is 9.12 Å². The zero-order valence-electron chi connectivity index (χ0n) is 13.2. The Morgan fingerprint density at radius 2 is 1.52 bits per heavy atom. The van der Waals surface area contributed by atoms with Crippen molar-refractivity contribution < 1.29 is 27.3 Å². The maximum absolute atomic E-state index is 11.2. The summed E-state index contributed by atoms with van der Waals surface area (Å²) in [5.41, 5.74) is 0.928. The maximum atomic E-state index is 11.2. The average Bonchev–Trinajstić information content (AvgIpc) is 2.51. The van der Waals surface area contributed by atoms with Gasteiger partial charge >= 0.3 is 7.60 Å². The standard InChI is InChI=1S/C16H19O6PS2/c17-23(18,19)16(25(20,21)22)8-4-5-13-9-11-15(12-10-13)24-14-6-2-1-3-7-14/h1-3,6-7,9-12,16H,4-5,8H2,(H2,17,18,19)(H,20,21,22). The summed E-state index contributed by atoms with van der Waals surface area (Å²) >= 11 is 1.62. The van der Waals surface area contributed by atoms with Crippen molar-refractivity contribution in [3.63, 3.8) is 0 Å². The Morgan fingerprint density at radius 3 is 2.04 bits per heavy atom. The fourth-order valence-corrected chi connectivity index (χ4v) is 5.53. The van der Waals surface area contributed by atoms with Crippen molar-refractivity contribution in [1.82, 2.24) is 0 Å². The van der Waals surface area contributed by atoms with Crippen molar-refractivity contribution in [3.8, 4) is 0 Å². The first-order chi connectivity index (χ1) is 11.7. The van der Waals surface area contributed by atoms with E-state index in [9.17, 15) is 13.0 Å². The molecule has 6 nitrogen and oxygen atoms in total. The van der Waals surface area contributed by atoms with Gasteiger partial charge in [0.25, 0.3) is 10.1 Å². The molecule has 9 heteroatoms. The molecule has 2 aromatic carbocycles. The van der Waals surface area contributed by atoms with Gasteiger partial charge in [-0.25, -0.2) is 0 Å². The highest BCUT2D eigenvalue weighted by Gasteiger charge is 2.38. The molecule has 0 spiro atoms. The third kappa shape index (κ3) is 6.58. The highest BCUT2D eigenvalue weighted by atomic mass is 32.2. The molecule has 0 aliphatic heterocycles. The molecule has 0 fully saturated rings. The van der Waals surface area contributed by atoms with Crippen LogP contribution in [0.2, 0.25) is 0 Å². The topological polar surface area (TPSA) is 112 Å². The smallest absolute Gasteiger partial charge is 0.323 e. The monoisotopic (exact) mass is 402 g/mol. The lowest BCUT2D eigenvalue weighted by Crippen LogP contribution is -2.20. The lowest BCUT2D eigenvalue weighted by atomic mass is 10.1. The van der Waals surface area contributed by atoms with Crippen LogP contribution >= 0.6 is 19.4 Å². The summed E-state index contributed by atoms with van der Waals surface area (Å²) in [4.78, 5) is 18.2. The Labute approximate surface area is 151 Å². The highest BCUT2D eigenvalue weighted by Crippen LogP contribution is 2.46. The largest absolute Gasteiger partial charge is 0.346 e. The molecule has 2 rings (SSSR count). The third-order valence-electron chi connectivity index (χ3n) is 3.54. The average molecular weight is 402 g/mol. The van der Waals surface area contributed by atoms with Gasteiger partial charge in [-0.1, -0.05) is 42.1 Å². The summed E-state index contributed by atoms with van der Waals surface area (Å²) in [6.07, 6.45) is 0.396. The summed E-state index contributed by atoms with van der Waals surface area (Å²) < 4.78 is 42.4. The van der Waals surface area contributed by atoms with Gasteiger partial charge in [-0.15, -0.1) is 0 Å². The fraction of sp³-hybridized carbons (Fsp3) is 0.250. The van der Waals surface area contributed by atoms with E-state index in [4.69, 9.17) is 14.3 Å². The Hall–Kier alpha value is -1.15. The van der Waals surface area contributed by atoms with Crippen LogP contribution in [0.4, 0.5) is 0 Å². The zero-order valence-corrected chi connectivity index (χ0v) is 15.8. The molecule has 25 heavy (non-hydrogen) atoms. The van der Waals surface area contributed by atoms with E-state index in [2.05, 4.69) is 0 Å². The van der Waals surface area contributed by atoms with Crippen molar-refractivity contribution in [2.24, 2.45) is 0 Å². The molecule has 1 atom stereocenters. The van der Waals surface area contributed by atoms with E-state index in [1.165, 1.54) is 0 Å². The van der Waals surface area contributed by atoms with Gasteiger partial charge in [-0.05, 0) is 49.1 Å². The van der Waals surface area contributed by atoms with Crippen LogP contribution in [-0.4, -0.2) is 27.7 Å². The highest BCUT2D eigenvalue weighted by molar-refractivity contribution is 7.99. The van der Waals surface area contributed by atoms with E-state index in [0.29, 0.717) is 6.42 Å². The summed E-state index contributed by atoms with van der Waals surface area (Å²) in [7, 11) is -9.69. The van der Waals surface area contributed by atoms with Gasteiger partial charge in [0, 0.05) is 9.79 Å². The second kappa shape index (κ2) is 8.49. The van der Waals surface area contributed by atoms with Crippen molar-refractivity contribution in [2.45, 2.75) is 34.0 Å². The normalized spacial score (nSPS) is 13.6. The maximum Gasteiger partial charge on any atom is 0.346 e. The Morgan fingerprint density at radius 1 is 0.960 bits per heavy atom. The molecule has 0 radical (unpaired) electrons. The lowest BCUT2D eigenvalue weighted by molar-refractivity contribution is 0.360. The molecular weight excluding hydrogens is 383 g/mol. The van der Waals surface area contributed by atoms with Gasteiger partial charge in [0.15, 0.2) is 4.99 Å². The van der Waals surface area contributed by atoms with E-state index in [0.717, 1.165) is 15.4 Å². The van der Waals surface area contributed by atoms with Gasteiger partial charge in [0.05, 0.1) is 0 Å². The van der Waals surface area contributed by atoms with E-state index in [1.54, 1.807) is 11.8 Å². The molecule has 0 aliphatic rings. The molecule has 0 amide bonds.